The van der Waals surface area contributed by atoms with Crippen LogP contribution in [0.25, 0.3) is 0 Å². The van der Waals surface area contributed by atoms with E-state index < -0.39 is 5.60 Å². The Bertz CT molecular complexity index is 677. The third-order valence-corrected chi connectivity index (χ3v) is 4.46. The highest BCUT2D eigenvalue weighted by atomic mass is 16.6. The van der Waals surface area contributed by atoms with E-state index in [0.717, 1.165) is 36.6 Å². The van der Waals surface area contributed by atoms with E-state index in [4.69, 9.17) is 4.74 Å². The van der Waals surface area contributed by atoms with E-state index in [1.165, 1.54) is 0 Å². The molecule has 2 aliphatic heterocycles. The van der Waals surface area contributed by atoms with Gasteiger partial charge in [-0.15, -0.1) is 0 Å². The summed E-state index contributed by atoms with van der Waals surface area (Å²) in [5, 5.41) is 2.83. The zero-order valence-electron chi connectivity index (χ0n) is 15.3. The molecule has 0 unspecified atom stereocenters. The van der Waals surface area contributed by atoms with Crippen LogP contribution >= 0.6 is 0 Å². The number of ether oxygens (including phenoxy) is 1. The molecule has 136 valence electrons. The molecular formula is C18H26N4O3. The molecule has 1 aromatic rings. The molecule has 2 aliphatic rings. The van der Waals surface area contributed by atoms with Crippen LogP contribution in [0.15, 0.2) is 12.3 Å². The molecule has 0 aliphatic carbocycles. The smallest absolute Gasteiger partial charge is 0.407 e. The minimum atomic E-state index is -0.476. The number of alkyl carbamates (subject to hydrolysis) is 1. The van der Waals surface area contributed by atoms with E-state index in [0.29, 0.717) is 19.0 Å². The first kappa shape index (κ1) is 17.5. The summed E-state index contributed by atoms with van der Waals surface area (Å²) in [6.07, 6.45) is 2.24. The monoisotopic (exact) mass is 346 g/mol. The second kappa shape index (κ2) is 6.54. The maximum absolute atomic E-state index is 11.7. The molecule has 3 rings (SSSR count). The number of nitrogens with one attached hydrogen (secondary N) is 1. The number of fused-ring (bicyclic) bond motifs is 1. The standard InChI is InChI=1S/C18H26N4O3/c1-12(23)22-8-6-14-15(5-7-19-16(14)22)21-10-13(11-21)9-20-17(24)25-18(2,3)4/h5,7,13H,6,8-11H2,1-4H3,(H,20,24). The highest BCUT2D eigenvalue weighted by Gasteiger charge is 2.33. The summed E-state index contributed by atoms with van der Waals surface area (Å²) >= 11 is 0. The normalized spacial score (nSPS) is 17.1. The van der Waals surface area contributed by atoms with Gasteiger partial charge in [-0.2, -0.15) is 0 Å². The predicted octanol–water partition coefficient (Wildman–Crippen LogP) is 1.95. The Balaban J connectivity index is 1.54. The van der Waals surface area contributed by atoms with E-state index in [-0.39, 0.29) is 12.0 Å². The van der Waals surface area contributed by atoms with Crippen LogP contribution in [0.3, 0.4) is 0 Å². The lowest BCUT2D eigenvalue weighted by molar-refractivity contribution is -0.116. The van der Waals surface area contributed by atoms with Gasteiger partial charge >= 0.3 is 6.09 Å². The fourth-order valence-electron chi connectivity index (χ4n) is 3.31. The highest BCUT2D eigenvalue weighted by molar-refractivity contribution is 5.93. The first-order valence-corrected chi connectivity index (χ1v) is 8.72. The number of rotatable bonds is 3. The van der Waals surface area contributed by atoms with E-state index >= 15 is 0 Å². The van der Waals surface area contributed by atoms with Crippen molar-refractivity contribution >= 4 is 23.5 Å². The van der Waals surface area contributed by atoms with Gasteiger partial charge in [-0.3, -0.25) is 9.69 Å². The second-order valence-electron chi connectivity index (χ2n) is 7.71. The molecule has 0 aromatic carbocycles. The number of hydrogen-bond donors (Lipinski definition) is 1. The number of pyridine rings is 1. The molecule has 7 nitrogen and oxygen atoms in total. The molecule has 1 fully saturated rings. The van der Waals surface area contributed by atoms with Gasteiger partial charge in [0.15, 0.2) is 0 Å². The average Bonchev–Trinajstić information content (AvgIpc) is 2.88. The summed E-state index contributed by atoms with van der Waals surface area (Å²) in [6.45, 7) is 10.2. The average molecular weight is 346 g/mol. The summed E-state index contributed by atoms with van der Waals surface area (Å²) in [5.41, 5.74) is 1.83. The number of aromatic nitrogens is 1. The van der Waals surface area contributed by atoms with Crippen LogP contribution in [-0.2, 0) is 16.0 Å². The zero-order valence-corrected chi connectivity index (χ0v) is 15.3. The van der Waals surface area contributed by atoms with E-state index in [1.807, 2.05) is 26.8 Å². The maximum atomic E-state index is 11.7. The fraction of sp³-hybridized carbons (Fsp3) is 0.611. The zero-order chi connectivity index (χ0) is 18.2. The van der Waals surface area contributed by atoms with Gasteiger partial charge < -0.3 is 15.0 Å². The molecule has 0 atom stereocenters. The Morgan fingerprint density at radius 2 is 2.08 bits per heavy atom. The number of carbonyl (C=O) groups excluding carboxylic acids is 2. The van der Waals surface area contributed by atoms with Gasteiger partial charge in [0.25, 0.3) is 0 Å². The molecule has 1 aromatic heterocycles. The summed E-state index contributed by atoms with van der Waals surface area (Å²) < 4.78 is 5.25. The Labute approximate surface area is 148 Å². The number of hydrogen-bond acceptors (Lipinski definition) is 5. The minimum absolute atomic E-state index is 0.0337. The van der Waals surface area contributed by atoms with Crippen molar-refractivity contribution in [2.24, 2.45) is 5.92 Å². The van der Waals surface area contributed by atoms with Crippen LogP contribution in [-0.4, -0.2) is 48.8 Å². The van der Waals surface area contributed by atoms with Gasteiger partial charge in [0.2, 0.25) is 5.91 Å². The highest BCUT2D eigenvalue weighted by Crippen LogP contribution is 2.36. The van der Waals surface area contributed by atoms with Gasteiger partial charge in [-0.1, -0.05) is 0 Å². The molecule has 0 spiro atoms. The van der Waals surface area contributed by atoms with Crippen LogP contribution < -0.4 is 15.1 Å². The van der Waals surface area contributed by atoms with Crippen LogP contribution in [0.5, 0.6) is 0 Å². The fourth-order valence-corrected chi connectivity index (χ4v) is 3.31. The molecule has 0 radical (unpaired) electrons. The first-order valence-electron chi connectivity index (χ1n) is 8.72. The number of anilines is 2. The first-order chi connectivity index (χ1) is 11.7. The molecule has 25 heavy (non-hydrogen) atoms. The van der Waals surface area contributed by atoms with Crippen molar-refractivity contribution in [3.8, 4) is 0 Å². The Morgan fingerprint density at radius 1 is 1.36 bits per heavy atom. The van der Waals surface area contributed by atoms with Crippen molar-refractivity contribution in [3.05, 3.63) is 17.8 Å². The van der Waals surface area contributed by atoms with E-state index in [1.54, 1.807) is 18.0 Å². The van der Waals surface area contributed by atoms with Crippen LogP contribution in [0, 0.1) is 5.92 Å². The summed E-state index contributed by atoms with van der Waals surface area (Å²) in [7, 11) is 0. The van der Waals surface area contributed by atoms with E-state index in [9.17, 15) is 9.59 Å². The van der Waals surface area contributed by atoms with Gasteiger partial charge in [-0.05, 0) is 33.3 Å². The van der Waals surface area contributed by atoms with Crippen molar-refractivity contribution in [1.29, 1.82) is 0 Å². The largest absolute Gasteiger partial charge is 0.444 e. The number of carbonyl (C=O) groups is 2. The minimum Gasteiger partial charge on any atom is -0.444 e. The number of amides is 2. The van der Waals surface area contributed by atoms with Crippen LogP contribution in [0.4, 0.5) is 16.3 Å². The van der Waals surface area contributed by atoms with Gasteiger partial charge in [0.05, 0.1) is 0 Å². The molecular weight excluding hydrogens is 320 g/mol. The molecule has 7 heteroatoms. The Morgan fingerprint density at radius 3 is 2.72 bits per heavy atom. The van der Waals surface area contributed by atoms with Crippen molar-refractivity contribution in [3.63, 3.8) is 0 Å². The molecule has 2 amide bonds. The van der Waals surface area contributed by atoms with Crippen LogP contribution in [0.2, 0.25) is 0 Å². The Hall–Kier alpha value is -2.31. The SMILES string of the molecule is CC(=O)N1CCc2c(N3CC(CNC(=O)OC(C)(C)C)C3)ccnc21. The van der Waals surface area contributed by atoms with Gasteiger partial charge in [0.1, 0.15) is 11.4 Å². The summed E-state index contributed by atoms with van der Waals surface area (Å²) in [4.78, 5) is 31.8. The second-order valence-corrected chi connectivity index (χ2v) is 7.71. The Kier molecular flexibility index (Phi) is 4.58. The maximum Gasteiger partial charge on any atom is 0.407 e. The third kappa shape index (κ3) is 3.86. The lowest BCUT2D eigenvalue weighted by Crippen LogP contribution is -2.52. The lowest BCUT2D eigenvalue weighted by Gasteiger charge is -2.42. The van der Waals surface area contributed by atoms with Crippen LogP contribution in [0.1, 0.15) is 33.3 Å². The van der Waals surface area contributed by atoms with Gasteiger partial charge in [0, 0.05) is 56.5 Å². The predicted molar refractivity (Wildman–Crippen MR) is 95.9 cm³/mol. The molecule has 3 heterocycles. The molecule has 0 saturated carbocycles. The molecule has 0 bridgehead atoms. The third-order valence-electron chi connectivity index (χ3n) is 4.46. The van der Waals surface area contributed by atoms with Crippen molar-refractivity contribution in [2.45, 2.75) is 39.7 Å². The molecule has 1 N–H and O–H groups in total. The van der Waals surface area contributed by atoms with Gasteiger partial charge in [-0.25, -0.2) is 9.78 Å². The molecule has 1 saturated heterocycles. The number of nitrogens with zero attached hydrogens (tertiary/aromatic N) is 3. The summed E-state index contributed by atoms with van der Waals surface area (Å²) in [6, 6.07) is 2.01. The van der Waals surface area contributed by atoms with E-state index in [2.05, 4.69) is 15.2 Å². The topological polar surface area (TPSA) is 74.8 Å². The van der Waals surface area contributed by atoms with Crippen molar-refractivity contribution in [1.82, 2.24) is 10.3 Å². The lowest BCUT2D eigenvalue weighted by atomic mass is 9.98. The van der Waals surface area contributed by atoms with Crippen molar-refractivity contribution < 1.29 is 14.3 Å². The van der Waals surface area contributed by atoms with Crippen molar-refractivity contribution in [2.75, 3.05) is 36.0 Å². The summed E-state index contributed by atoms with van der Waals surface area (Å²) in [5.74, 6) is 1.23. The quantitative estimate of drug-likeness (QED) is 0.905.